The maximum Gasteiger partial charge on any atom is 0.155 e. The Morgan fingerprint density at radius 2 is 2.11 bits per heavy atom. The van der Waals surface area contributed by atoms with Crippen molar-refractivity contribution in [2.45, 2.75) is 12.1 Å². The average molecular weight is 275 g/mol. The number of aliphatic hydroxyl groups excluding tert-OH is 1. The summed E-state index contributed by atoms with van der Waals surface area (Å²) in [6, 6.07) is 3.36. The van der Waals surface area contributed by atoms with E-state index >= 15 is 0 Å². The predicted octanol–water partition coefficient (Wildman–Crippen LogP) is 0.404. The SMILES string of the molecule is COc1cc(F)cc(NC2CS(=O)(=O)CC2O)c1. The third kappa shape index (κ3) is 2.91. The van der Waals surface area contributed by atoms with E-state index in [1.165, 1.54) is 19.2 Å². The van der Waals surface area contributed by atoms with Gasteiger partial charge in [-0.15, -0.1) is 0 Å². The topological polar surface area (TPSA) is 75.6 Å². The van der Waals surface area contributed by atoms with Gasteiger partial charge in [0.15, 0.2) is 9.84 Å². The zero-order valence-electron chi connectivity index (χ0n) is 9.76. The molecule has 2 rings (SSSR count). The number of methoxy groups -OCH3 is 1. The fourth-order valence-electron chi connectivity index (χ4n) is 1.94. The van der Waals surface area contributed by atoms with Crippen LogP contribution < -0.4 is 10.1 Å². The number of anilines is 1. The zero-order chi connectivity index (χ0) is 13.3. The second-order valence-corrected chi connectivity index (χ2v) is 6.43. The summed E-state index contributed by atoms with van der Waals surface area (Å²) < 4.78 is 40.8. The fourth-order valence-corrected chi connectivity index (χ4v) is 3.69. The highest BCUT2D eigenvalue weighted by Crippen LogP contribution is 2.23. The molecule has 1 aliphatic heterocycles. The minimum Gasteiger partial charge on any atom is -0.497 e. The molecule has 5 nitrogen and oxygen atoms in total. The van der Waals surface area contributed by atoms with Crippen LogP contribution in [0.25, 0.3) is 0 Å². The number of rotatable bonds is 3. The molecule has 0 saturated carbocycles. The molecule has 0 amide bonds. The fraction of sp³-hybridized carbons (Fsp3) is 0.455. The van der Waals surface area contributed by atoms with E-state index < -0.39 is 27.8 Å². The molecule has 7 heteroatoms. The number of sulfone groups is 1. The van der Waals surface area contributed by atoms with Crippen LogP contribution in [0.2, 0.25) is 0 Å². The zero-order valence-corrected chi connectivity index (χ0v) is 10.6. The third-order valence-electron chi connectivity index (χ3n) is 2.78. The van der Waals surface area contributed by atoms with Crippen molar-refractivity contribution in [1.82, 2.24) is 0 Å². The Balaban J connectivity index is 2.17. The molecule has 2 unspecified atom stereocenters. The van der Waals surface area contributed by atoms with Crippen molar-refractivity contribution in [3.63, 3.8) is 0 Å². The quantitative estimate of drug-likeness (QED) is 0.835. The van der Waals surface area contributed by atoms with Crippen LogP contribution in [0.15, 0.2) is 18.2 Å². The van der Waals surface area contributed by atoms with Gasteiger partial charge in [-0.3, -0.25) is 0 Å². The van der Waals surface area contributed by atoms with Crippen LogP contribution in [-0.2, 0) is 9.84 Å². The molecular formula is C11H14FNO4S. The molecule has 1 aliphatic rings. The minimum atomic E-state index is -3.23. The Kier molecular flexibility index (Phi) is 3.45. The maximum absolute atomic E-state index is 13.2. The van der Waals surface area contributed by atoms with Gasteiger partial charge in [-0.1, -0.05) is 0 Å². The normalized spacial score (nSPS) is 25.9. The lowest BCUT2D eigenvalue weighted by Crippen LogP contribution is -2.31. The molecule has 1 aromatic rings. The molecule has 0 radical (unpaired) electrons. The highest BCUT2D eigenvalue weighted by molar-refractivity contribution is 7.91. The summed E-state index contributed by atoms with van der Waals surface area (Å²) in [7, 11) is -1.82. The van der Waals surface area contributed by atoms with Crippen LogP contribution in [0, 0.1) is 5.82 Å². The van der Waals surface area contributed by atoms with Crippen molar-refractivity contribution in [2.24, 2.45) is 0 Å². The van der Waals surface area contributed by atoms with E-state index in [2.05, 4.69) is 5.32 Å². The van der Waals surface area contributed by atoms with Gasteiger partial charge < -0.3 is 15.2 Å². The highest BCUT2D eigenvalue weighted by Gasteiger charge is 2.36. The van der Waals surface area contributed by atoms with Crippen molar-refractivity contribution in [3.05, 3.63) is 24.0 Å². The summed E-state index contributed by atoms with van der Waals surface area (Å²) in [6.07, 6.45) is -0.982. The van der Waals surface area contributed by atoms with Crippen molar-refractivity contribution < 1.29 is 22.7 Å². The first kappa shape index (κ1) is 13.1. The minimum absolute atomic E-state index is 0.160. The van der Waals surface area contributed by atoms with Crippen LogP contribution in [0.4, 0.5) is 10.1 Å². The van der Waals surface area contributed by atoms with E-state index in [4.69, 9.17) is 4.74 Å². The van der Waals surface area contributed by atoms with Crippen LogP contribution in [0.5, 0.6) is 5.75 Å². The van der Waals surface area contributed by atoms with E-state index in [0.29, 0.717) is 11.4 Å². The summed E-state index contributed by atoms with van der Waals surface area (Å²) >= 11 is 0. The van der Waals surface area contributed by atoms with Gasteiger partial charge in [0.05, 0.1) is 30.8 Å². The lowest BCUT2D eigenvalue weighted by atomic mass is 10.2. The number of nitrogens with one attached hydrogen (secondary N) is 1. The number of halogens is 1. The average Bonchev–Trinajstić information content (AvgIpc) is 2.50. The van der Waals surface area contributed by atoms with Crippen molar-refractivity contribution in [1.29, 1.82) is 0 Å². The Bertz CT molecular complexity index is 546. The Morgan fingerprint density at radius 3 is 2.67 bits per heavy atom. The molecule has 0 spiro atoms. The standard InChI is InChI=1S/C11H14FNO4S/c1-17-9-3-7(12)2-8(4-9)13-10-5-18(15,16)6-11(10)14/h2-4,10-11,13-14H,5-6H2,1H3. The van der Waals surface area contributed by atoms with Crippen molar-refractivity contribution >= 4 is 15.5 Å². The lowest BCUT2D eigenvalue weighted by molar-refractivity contribution is 0.190. The summed E-state index contributed by atoms with van der Waals surface area (Å²) in [5.41, 5.74) is 0.382. The van der Waals surface area contributed by atoms with Crippen molar-refractivity contribution in [2.75, 3.05) is 23.9 Å². The van der Waals surface area contributed by atoms with Gasteiger partial charge in [0, 0.05) is 17.8 Å². The van der Waals surface area contributed by atoms with Crippen LogP contribution >= 0.6 is 0 Å². The van der Waals surface area contributed by atoms with Gasteiger partial charge in [-0.05, 0) is 6.07 Å². The highest BCUT2D eigenvalue weighted by atomic mass is 32.2. The van der Waals surface area contributed by atoms with Gasteiger partial charge in [0.1, 0.15) is 11.6 Å². The first-order valence-electron chi connectivity index (χ1n) is 5.39. The van der Waals surface area contributed by atoms with Gasteiger partial charge in [0.2, 0.25) is 0 Å². The number of ether oxygens (including phenoxy) is 1. The number of benzene rings is 1. The van der Waals surface area contributed by atoms with Crippen molar-refractivity contribution in [3.8, 4) is 5.75 Å². The van der Waals surface area contributed by atoms with Crippen LogP contribution in [-0.4, -0.2) is 44.3 Å². The second-order valence-electron chi connectivity index (χ2n) is 4.27. The molecular weight excluding hydrogens is 261 g/mol. The molecule has 1 aromatic carbocycles. The van der Waals surface area contributed by atoms with Gasteiger partial charge in [0.25, 0.3) is 0 Å². The Hall–Kier alpha value is -1.34. The largest absolute Gasteiger partial charge is 0.497 e. The van der Waals surface area contributed by atoms with Crippen LogP contribution in [0.1, 0.15) is 0 Å². The molecule has 1 heterocycles. The summed E-state index contributed by atoms with van der Waals surface area (Å²) in [5.74, 6) is -0.593. The number of aliphatic hydroxyl groups is 1. The van der Waals surface area contributed by atoms with E-state index in [1.54, 1.807) is 6.07 Å². The van der Waals surface area contributed by atoms with E-state index in [9.17, 15) is 17.9 Å². The molecule has 2 N–H and O–H groups in total. The Labute approximate surface area is 104 Å². The molecule has 1 fully saturated rings. The van der Waals surface area contributed by atoms with E-state index in [0.717, 1.165) is 0 Å². The molecule has 2 atom stereocenters. The molecule has 0 bridgehead atoms. The van der Waals surface area contributed by atoms with E-state index in [-0.39, 0.29) is 11.5 Å². The molecule has 0 aromatic heterocycles. The predicted molar refractivity (Wildman–Crippen MR) is 65.0 cm³/mol. The monoisotopic (exact) mass is 275 g/mol. The third-order valence-corrected chi connectivity index (χ3v) is 4.50. The smallest absolute Gasteiger partial charge is 0.155 e. The summed E-state index contributed by atoms with van der Waals surface area (Å²) in [6.45, 7) is 0. The van der Waals surface area contributed by atoms with Gasteiger partial charge >= 0.3 is 0 Å². The number of hydrogen-bond acceptors (Lipinski definition) is 5. The first-order chi connectivity index (χ1) is 8.39. The molecule has 100 valence electrons. The first-order valence-corrected chi connectivity index (χ1v) is 7.21. The Morgan fingerprint density at radius 1 is 1.39 bits per heavy atom. The number of hydrogen-bond donors (Lipinski definition) is 2. The molecule has 0 aliphatic carbocycles. The molecule has 18 heavy (non-hydrogen) atoms. The summed E-state index contributed by atoms with van der Waals surface area (Å²) in [4.78, 5) is 0. The lowest BCUT2D eigenvalue weighted by Gasteiger charge is -2.16. The van der Waals surface area contributed by atoms with Gasteiger partial charge in [-0.2, -0.15) is 0 Å². The second kappa shape index (κ2) is 4.74. The molecule has 1 saturated heterocycles. The summed E-state index contributed by atoms with van der Waals surface area (Å²) in [5, 5.41) is 12.4. The van der Waals surface area contributed by atoms with Gasteiger partial charge in [-0.25, -0.2) is 12.8 Å². The van der Waals surface area contributed by atoms with E-state index in [1.807, 2.05) is 0 Å². The van der Waals surface area contributed by atoms with Crippen LogP contribution in [0.3, 0.4) is 0 Å². The maximum atomic E-state index is 13.2.